The standard InChI is InChI=1S/C13H10N4/c1-10-6-11(7-14)2-3-12(10)9-17-5-4-16-13(17)8-15/h2-6H,9H2,1H3. The van der Waals surface area contributed by atoms with Gasteiger partial charge in [-0.05, 0) is 30.2 Å². The summed E-state index contributed by atoms with van der Waals surface area (Å²) in [6.45, 7) is 2.56. The van der Waals surface area contributed by atoms with Gasteiger partial charge in [0.05, 0.1) is 11.6 Å². The first-order chi connectivity index (χ1) is 8.24. The van der Waals surface area contributed by atoms with Crippen LogP contribution in [0.5, 0.6) is 0 Å². The van der Waals surface area contributed by atoms with Crippen LogP contribution in [0.3, 0.4) is 0 Å². The van der Waals surface area contributed by atoms with Crippen LogP contribution in [0, 0.1) is 29.6 Å². The fourth-order valence-corrected chi connectivity index (χ4v) is 1.68. The summed E-state index contributed by atoms with van der Waals surface area (Å²) in [5.41, 5.74) is 2.78. The second-order valence-electron chi connectivity index (χ2n) is 3.74. The van der Waals surface area contributed by atoms with E-state index in [1.807, 2.05) is 25.1 Å². The van der Waals surface area contributed by atoms with Gasteiger partial charge in [0.15, 0.2) is 0 Å². The number of rotatable bonds is 2. The second kappa shape index (κ2) is 4.51. The highest BCUT2D eigenvalue weighted by atomic mass is 15.1. The van der Waals surface area contributed by atoms with Gasteiger partial charge in [-0.1, -0.05) is 6.07 Å². The molecule has 4 nitrogen and oxygen atoms in total. The van der Waals surface area contributed by atoms with Crippen LogP contribution in [0.4, 0.5) is 0 Å². The van der Waals surface area contributed by atoms with Gasteiger partial charge in [-0.3, -0.25) is 0 Å². The summed E-state index contributed by atoms with van der Waals surface area (Å²) in [7, 11) is 0. The van der Waals surface area contributed by atoms with E-state index in [1.54, 1.807) is 23.0 Å². The third kappa shape index (κ3) is 2.16. The average Bonchev–Trinajstić information content (AvgIpc) is 2.79. The van der Waals surface area contributed by atoms with E-state index >= 15 is 0 Å². The summed E-state index contributed by atoms with van der Waals surface area (Å²) in [6, 6.07) is 9.68. The van der Waals surface area contributed by atoms with Crippen LogP contribution < -0.4 is 0 Å². The molecule has 0 atom stereocenters. The molecule has 1 aromatic carbocycles. The normalized spacial score (nSPS) is 9.59. The molecule has 1 aromatic heterocycles. The maximum absolute atomic E-state index is 8.86. The number of aryl methyl sites for hydroxylation is 1. The zero-order valence-electron chi connectivity index (χ0n) is 9.38. The van der Waals surface area contributed by atoms with Crippen LogP contribution in [0.2, 0.25) is 0 Å². The van der Waals surface area contributed by atoms with Crippen LogP contribution in [0.15, 0.2) is 30.6 Å². The lowest BCUT2D eigenvalue weighted by molar-refractivity contribution is 0.777. The Morgan fingerprint density at radius 3 is 2.76 bits per heavy atom. The van der Waals surface area contributed by atoms with Crippen LogP contribution in [0.25, 0.3) is 0 Å². The molecule has 0 aliphatic rings. The van der Waals surface area contributed by atoms with Gasteiger partial charge in [0.2, 0.25) is 5.82 Å². The van der Waals surface area contributed by atoms with Crippen molar-refractivity contribution in [2.24, 2.45) is 0 Å². The third-order valence-corrected chi connectivity index (χ3v) is 2.63. The number of hydrogen-bond donors (Lipinski definition) is 0. The Labute approximate surface area is 99.4 Å². The maximum atomic E-state index is 8.86. The smallest absolute Gasteiger partial charge is 0.213 e. The van der Waals surface area contributed by atoms with Crippen LogP contribution >= 0.6 is 0 Å². The van der Waals surface area contributed by atoms with Crippen LogP contribution in [-0.2, 0) is 6.54 Å². The van der Waals surface area contributed by atoms with Crippen molar-refractivity contribution in [2.45, 2.75) is 13.5 Å². The van der Waals surface area contributed by atoms with Gasteiger partial charge in [-0.25, -0.2) is 4.98 Å². The van der Waals surface area contributed by atoms with Gasteiger partial charge in [0.1, 0.15) is 6.07 Å². The Balaban J connectivity index is 2.32. The summed E-state index contributed by atoms with van der Waals surface area (Å²) in [5, 5.41) is 17.6. The SMILES string of the molecule is Cc1cc(C#N)ccc1Cn1ccnc1C#N. The summed E-state index contributed by atoms with van der Waals surface area (Å²) < 4.78 is 1.79. The molecule has 0 aliphatic carbocycles. The van der Waals surface area contributed by atoms with Crippen molar-refractivity contribution in [3.8, 4) is 12.1 Å². The number of hydrogen-bond acceptors (Lipinski definition) is 3. The highest BCUT2D eigenvalue weighted by molar-refractivity contribution is 5.37. The lowest BCUT2D eigenvalue weighted by Crippen LogP contribution is -2.03. The molecule has 0 amide bonds. The van der Waals surface area contributed by atoms with Crippen molar-refractivity contribution in [2.75, 3.05) is 0 Å². The fraction of sp³-hybridized carbons (Fsp3) is 0.154. The Morgan fingerprint density at radius 1 is 1.29 bits per heavy atom. The highest BCUT2D eigenvalue weighted by Crippen LogP contribution is 2.13. The highest BCUT2D eigenvalue weighted by Gasteiger charge is 2.05. The minimum atomic E-state index is 0.397. The number of nitriles is 2. The van der Waals surface area contributed by atoms with Crippen molar-refractivity contribution in [3.63, 3.8) is 0 Å². The minimum absolute atomic E-state index is 0.397. The number of aromatic nitrogens is 2. The molecule has 2 aromatic rings. The predicted molar refractivity (Wildman–Crippen MR) is 61.9 cm³/mol. The maximum Gasteiger partial charge on any atom is 0.213 e. The molecule has 0 unspecified atom stereocenters. The first-order valence-corrected chi connectivity index (χ1v) is 5.15. The Bertz CT molecular complexity index is 626. The van der Waals surface area contributed by atoms with Gasteiger partial charge in [-0.15, -0.1) is 0 Å². The van der Waals surface area contributed by atoms with E-state index in [0.29, 0.717) is 17.9 Å². The molecule has 4 heteroatoms. The van der Waals surface area contributed by atoms with E-state index in [2.05, 4.69) is 11.1 Å². The first kappa shape index (κ1) is 10.9. The van der Waals surface area contributed by atoms with E-state index in [1.165, 1.54) is 0 Å². The summed E-state index contributed by atoms with van der Waals surface area (Å²) >= 11 is 0. The minimum Gasteiger partial charge on any atom is -0.318 e. The van der Waals surface area contributed by atoms with Crippen molar-refractivity contribution < 1.29 is 0 Å². The summed E-state index contributed by atoms with van der Waals surface area (Å²) in [4.78, 5) is 3.94. The molecule has 0 saturated heterocycles. The molecular formula is C13H10N4. The monoisotopic (exact) mass is 222 g/mol. The number of imidazole rings is 1. The lowest BCUT2D eigenvalue weighted by Gasteiger charge is -2.07. The zero-order valence-corrected chi connectivity index (χ0v) is 9.38. The largest absolute Gasteiger partial charge is 0.318 e. The Kier molecular flexibility index (Phi) is 2.89. The molecule has 0 aliphatic heterocycles. The van der Waals surface area contributed by atoms with Gasteiger partial charge in [0, 0.05) is 18.9 Å². The molecule has 0 fully saturated rings. The Hall–Kier alpha value is -2.59. The summed E-state index contributed by atoms with van der Waals surface area (Å²) in [6.07, 6.45) is 3.38. The topological polar surface area (TPSA) is 65.4 Å². The number of nitrogens with zero attached hydrogens (tertiary/aromatic N) is 4. The number of benzene rings is 1. The van der Waals surface area contributed by atoms with Gasteiger partial charge < -0.3 is 4.57 Å². The molecule has 0 radical (unpaired) electrons. The fourth-order valence-electron chi connectivity index (χ4n) is 1.68. The van der Waals surface area contributed by atoms with E-state index in [4.69, 9.17) is 10.5 Å². The summed E-state index contributed by atoms with van der Waals surface area (Å²) in [5.74, 6) is 0.397. The van der Waals surface area contributed by atoms with Crippen LogP contribution in [-0.4, -0.2) is 9.55 Å². The predicted octanol–water partition coefficient (Wildman–Crippen LogP) is 1.98. The van der Waals surface area contributed by atoms with E-state index < -0.39 is 0 Å². The first-order valence-electron chi connectivity index (χ1n) is 5.15. The van der Waals surface area contributed by atoms with Crippen molar-refractivity contribution in [1.29, 1.82) is 10.5 Å². The zero-order chi connectivity index (χ0) is 12.3. The van der Waals surface area contributed by atoms with Gasteiger partial charge >= 0.3 is 0 Å². The molecule has 0 spiro atoms. The molecule has 2 rings (SSSR count). The van der Waals surface area contributed by atoms with Gasteiger partial charge in [0.25, 0.3) is 0 Å². The van der Waals surface area contributed by atoms with Crippen molar-refractivity contribution in [3.05, 3.63) is 53.1 Å². The van der Waals surface area contributed by atoms with E-state index in [9.17, 15) is 0 Å². The molecule has 17 heavy (non-hydrogen) atoms. The average molecular weight is 222 g/mol. The quantitative estimate of drug-likeness (QED) is 0.780. The molecular weight excluding hydrogens is 212 g/mol. The molecule has 0 bridgehead atoms. The second-order valence-corrected chi connectivity index (χ2v) is 3.74. The lowest BCUT2D eigenvalue weighted by atomic mass is 10.1. The van der Waals surface area contributed by atoms with Gasteiger partial charge in [-0.2, -0.15) is 10.5 Å². The van der Waals surface area contributed by atoms with Crippen molar-refractivity contribution in [1.82, 2.24) is 9.55 Å². The Morgan fingerprint density at radius 2 is 2.12 bits per heavy atom. The molecule has 82 valence electrons. The molecule has 0 N–H and O–H groups in total. The van der Waals surface area contributed by atoms with E-state index in [0.717, 1.165) is 11.1 Å². The third-order valence-electron chi connectivity index (χ3n) is 2.63. The molecule has 1 heterocycles. The van der Waals surface area contributed by atoms with Crippen LogP contribution in [0.1, 0.15) is 22.5 Å². The van der Waals surface area contributed by atoms with Crippen molar-refractivity contribution >= 4 is 0 Å². The van der Waals surface area contributed by atoms with E-state index in [-0.39, 0.29) is 0 Å². The molecule has 0 saturated carbocycles.